The molecule has 0 unspecified atom stereocenters. The summed E-state index contributed by atoms with van der Waals surface area (Å²) in [6.45, 7) is 2.51. The Morgan fingerprint density at radius 2 is 2.14 bits per heavy atom. The molecule has 0 aliphatic rings. The van der Waals surface area contributed by atoms with Gasteiger partial charge in [-0.3, -0.25) is 0 Å². The Morgan fingerprint density at radius 1 is 1.32 bits per heavy atom. The summed E-state index contributed by atoms with van der Waals surface area (Å²) in [7, 11) is 3.61. The minimum absolute atomic E-state index is 0.0443. The number of nitrogens with one attached hydrogen (secondary N) is 2. The molecule has 2 N–H and O–H groups in total. The topological polar surface area (TPSA) is 55.3 Å². The molecule has 0 aliphatic heterocycles. The van der Waals surface area contributed by atoms with Crippen LogP contribution < -0.4 is 15.4 Å². The minimum atomic E-state index is -0.153. The predicted octanol–water partition coefficient (Wildman–Crippen LogP) is 2.46. The minimum Gasteiger partial charge on any atom is -0.497 e. The molecule has 22 heavy (non-hydrogen) atoms. The SMILES string of the molecule is COc1cccc(C[C@@H](C)NC(=O)NCc2ccn(C)c2)c1. The van der Waals surface area contributed by atoms with Gasteiger partial charge in [0, 0.05) is 32.0 Å². The third kappa shape index (κ3) is 4.84. The van der Waals surface area contributed by atoms with Crippen molar-refractivity contribution in [1.82, 2.24) is 15.2 Å². The molecule has 2 aromatic rings. The van der Waals surface area contributed by atoms with Crippen molar-refractivity contribution in [2.24, 2.45) is 7.05 Å². The van der Waals surface area contributed by atoms with Gasteiger partial charge in [0.05, 0.1) is 7.11 Å². The highest BCUT2D eigenvalue weighted by molar-refractivity contribution is 5.74. The number of hydrogen-bond acceptors (Lipinski definition) is 2. The number of benzene rings is 1. The van der Waals surface area contributed by atoms with Gasteiger partial charge < -0.3 is 19.9 Å². The molecule has 0 spiro atoms. The van der Waals surface area contributed by atoms with Crippen LogP contribution in [0.5, 0.6) is 5.75 Å². The standard InChI is InChI=1S/C17H23N3O2/c1-13(9-14-5-4-6-16(10-14)22-3)19-17(21)18-11-15-7-8-20(2)12-15/h4-8,10,12-13H,9,11H2,1-3H3,(H2,18,19,21)/t13-/m1/s1. The number of rotatable bonds is 6. The lowest BCUT2D eigenvalue weighted by Gasteiger charge is -2.15. The number of urea groups is 1. The summed E-state index contributed by atoms with van der Waals surface area (Å²) in [6, 6.07) is 9.76. The average molecular weight is 301 g/mol. The van der Waals surface area contributed by atoms with Gasteiger partial charge in [0.25, 0.3) is 0 Å². The normalized spacial score (nSPS) is 11.8. The van der Waals surface area contributed by atoms with E-state index in [4.69, 9.17) is 4.74 Å². The number of nitrogens with zero attached hydrogens (tertiary/aromatic N) is 1. The smallest absolute Gasteiger partial charge is 0.315 e. The van der Waals surface area contributed by atoms with Gasteiger partial charge in [-0.15, -0.1) is 0 Å². The third-order valence-corrected chi connectivity index (χ3v) is 3.40. The summed E-state index contributed by atoms with van der Waals surface area (Å²) in [6.07, 6.45) is 4.70. The van der Waals surface area contributed by atoms with Gasteiger partial charge in [0.15, 0.2) is 0 Å². The van der Waals surface area contributed by atoms with Gasteiger partial charge in [-0.05, 0) is 42.7 Å². The van der Waals surface area contributed by atoms with E-state index in [0.29, 0.717) is 6.54 Å². The van der Waals surface area contributed by atoms with Crippen LogP contribution in [0, 0.1) is 0 Å². The summed E-state index contributed by atoms with van der Waals surface area (Å²) in [4.78, 5) is 11.9. The van der Waals surface area contributed by atoms with E-state index in [2.05, 4.69) is 10.6 Å². The number of carbonyl (C=O) groups is 1. The van der Waals surface area contributed by atoms with Crippen molar-refractivity contribution >= 4 is 6.03 Å². The molecule has 0 bridgehead atoms. The quantitative estimate of drug-likeness (QED) is 0.861. The van der Waals surface area contributed by atoms with Crippen molar-refractivity contribution in [1.29, 1.82) is 0 Å². The molecule has 0 saturated heterocycles. The molecule has 5 nitrogen and oxygen atoms in total. The average Bonchev–Trinajstić information content (AvgIpc) is 2.91. The second-order valence-corrected chi connectivity index (χ2v) is 5.47. The lowest BCUT2D eigenvalue weighted by atomic mass is 10.1. The molecule has 1 aromatic heterocycles. The first-order valence-electron chi connectivity index (χ1n) is 7.35. The van der Waals surface area contributed by atoms with E-state index in [9.17, 15) is 4.79 Å². The van der Waals surface area contributed by atoms with Crippen LogP contribution in [-0.2, 0) is 20.0 Å². The molecule has 1 aromatic carbocycles. The monoisotopic (exact) mass is 301 g/mol. The van der Waals surface area contributed by atoms with E-state index in [0.717, 1.165) is 23.3 Å². The van der Waals surface area contributed by atoms with E-state index in [1.54, 1.807) is 7.11 Å². The van der Waals surface area contributed by atoms with Crippen LogP contribution >= 0.6 is 0 Å². The van der Waals surface area contributed by atoms with Crippen molar-refractivity contribution in [2.45, 2.75) is 25.9 Å². The highest BCUT2D eigenvalue weighted by atomic mass is 16.5. The van der Waals surface area contributed by atoms with Gasteiger partial charge in [-0.1, -0.05) is 12.1 Å². The first-order chi connectivity index (χ1) is 10.6. The molecule has 0 saturated carbocycles. The second kappa shape index (κ2) is 7.54. The molecule has 2 rings (SSSR count). The second-order valence-electron chi connectivity index (χ2n) is 5.47. The van der Waals surface area contributed by atoms with Gasteiger partial charge >= 0.3 is 6.03 Å². The molecule has 0 fully saturated rings. The number of carbonyl (C=O) groups excluding carboxylic acids is 1. The van der Waals surface area contributed by atoms with Gasteiger partial charge in [0.1, 0.15) is 5.75 Å². The van der Waals surface area contributed by atoms with Crippen molar-refractivity contribution in [3.63, 3.8) is 0 Å². The number of amides is 2. The third-order valence-electron chi connectivity index (χ3n) is 3.40. The van der Waals surface area contributed by atoms with Gasteiger partial charge in [-0.25, -0.2) is 4.79 Å². The number of aryl methyl sites for hydroxylation is 1. The first kappa shape index (κ1) is 15.9. The van der Waals surface area contributed by atoms with Crippen LogP contribution in [0.4, 0.5) is 4.79 Å². The van der Waals surface area contributed by atoms with E-state index < -0.39 is 0 Å². The predicted molar refractivity (Wildman–Crippen MR) is 86.9 cm³/mol. The molecule has 0 radical (unpaired) electrons. The molecule has 1 heterocycles. The maximum absolute atomic E-state index is 11.9. The number of hydrogen-bond donors (Lipinski definition) is 2. The van der Waals surface area contributed by atoms with E-state index in [1.807, 2.05) is 61.3 Å². The molecule has 118 valence electrons. The summed E-state index contributed by atoms with van der Waals surface area (Å²) in [5.41, 5.74) is 2.22. The zero-order valence-electron chi connectivity index (χ0n) is 13.3. The zero-order valence-corrected chi connectivity index (χ0v) is 13.3. The Morgan fingerprint density at radius 3 is 2.82 bits per heavy atom. The van der Waals surface area contributed by atoms with Gasteiger partial charge in [0.2, 0.25) is 0 Å². The van der Waals surface area contributed by atoms with Crippen LogP contribution in [0.2, 0.25) is 0 Å². The fraction of sp³-hybridized carbons (Fsp3) is 0.353. The van der Waals surface area contributed by atoms with Crippen molar-refractivity contribution in [3.05, 3.63) is 53.9 Å². The van der Waals surface area contributed by atoms with Crippen LogP contribution in [0.15, 0.2) is 42.7 Å². The molecular weight excluding hydrogens is 278 g/mol. The van der Waals surface area contributed by atoms with Crippen molar-refractivity contribution in [3.8, 4) is 5.75 Å². The van der Waals surface area contributed by atoms with Crippen LogP contribution in [-0.4, -0.2) is 23.7 Å². The first-order valence-corrected chi connectivity index (χ1v) is 7.35. The summed E-state index contributed by atoms with van der Waals surface area (Å²) < 4.78 is 7.16. The maximum Gasteiger partial charge on any atom is 0.315 e. The van der Waals surface area contributed by atoms with E-state index >= 15 is 0 Å². The number of ether oxygens (including phenoxy) is 1. The molecule has 0 aliphatic carbocycles. The Balaban J connectivity index is 1.78. The van der Waals surface area contributed by atoms with E-state index in [1.165, 1.54) is 0 Å². The molecular formula is C17H23N3O2. The Kier molecular flexibility index (Phi) is 5.47. The fourth-order valence-corrected chi connectivity index (χ4v) is 2.33. The van der Waals surface area contributed by atoms with Crippen molar-refractivity contribution in [2.75, 3.05) is 7.11 Å². The van der Waals surface area contributed by atoms with Crippen molar-refractivity contribution < 1.29 is 9.53 Å². The summed E-state index contributed by atoms with van der Waals surface area (Å²) in [5, 5.41) is 5.81. The summed E-state index contributed by atoms with van der Waals surface area (Å²) in [5.74, 6) is 0.832. The van der Waals surface area contributed by atoms with Crippen LogP contribution in [0.25, 0.3) is 0 Å². The van der Waals surface area contributed by atoms with Crippen LogP contribution in [0.1, 0.15) is 18.1 Å². The Hall–Kier alpha value is -2.43. The van der Waals surface area contributed by atoms with E-state index in [-0.39, 0.29) is 12.1 Å². The molecule has 1 atom stereocenters. The molecule has 2 amide bonds. The Labute approximate surface area is 131 Å². The lowest BCUT2D eigenvalue weighted by Crippen LogP contribution is -2.41. The summed E-state index contributed by atoms with van der Waals surface area (Å²) >= 11 is 0. The molecule has 5 heteroatoms. The zero-order chi connectivity index (χ0) is 15.9. The fourth-order valence-electron chi connectivity index (χ4n) is 2.33. The lowest BCUT2D eigenvalue weighted by molar-refractivity contribution is 0.237. The number of methoxy groups -OCH3 is 1. The number of aromatic nitrogens is 1. The van der Waals surface area contributed by atoms with Gasteiger partial charge in [-0.2, -0.15) is 0 Å². The highest BCUT2D eigenvalue weighted by Crippen LogP contribution is 2.13. The maximum atomic E-state index is 11.9. The largest absolute Gasteiger partial charge is 0.497 e. The van der Waals surface area contributed by atoms with Crippen LogP contribution in [0.3, 0.4) is 0 Å². The Bertz CT molecular complexity index is 622. The highest BCUT2D eigenvalue weighted by Gasteiger charge is 2.08.